The van der Waals surface area contributed by atoms with E-state index in [0.717, 1.165) is 19.5 Å². The van der Waals surface area contributed by atoms with Gasteiger partial charge < -0.3 is 10.6 Å². The maximum Gasteiger partial charge on any atom is 0.00109 e. The Bertz CT molecular complexity index is 77.6. The quantitative estimate of drug-likeness (QED) is 0.634. The van der Waals surface area contributed by atoms with Crippen molar-refractivity contribution in [2.24, 2.45) is 5.73 Å². The summed E-state index contributed by atoms with van der Waals surface area (Å²) in [7, 11) is 0. The van der Waals surface area contributed by atoms with Crippen LogP contribution >= 0.6 is 0 Å². The van der Waals surface area contributed by atoms with Crippen molar-refractivity contribution >= 4 is 0 Å². The minimum atomic E-state index is 0.366. The number of rotatable bonds is 6. The molecule has 0 aromatic rings. The average molecular weight is 158 g/mol. The summed E-state index contributed by atoms with van der Waals surface area (Å²) in [5, 5.41) is 0. The molecule has 0 aromatic heterocycles. The third kappa shape index (κ3) is 6.32. The Morgan fingerprint density at radius 3 is 2.18 bits per heavy atom. The Morgan fingerprint density at radius 1 is 1.27 bits per heavy atom. The lowest BCUT2D eigenvalue weighted by atomic mass is 10.2. The second-order valence-corrected chi connectivity index (χ2v) is 3.15. The van der Waals surface area contributed by atoms with Crippen LogP contribution < -0.4 is 5.73 Å². The van der Waals surface area contributed by atoms with E-state index in [2.05, 4.69) is 25.7 Å². The lowest BCUT2D eigenvalue weighted by Gasteiger charge is -2.17. The molecule has 0 saturated heterocycles. The molecule has 0 bridgehead atoms. The molecule has 0 unspecified atom stereocenters. The third-order valence-corrected chi connectivity index (χ3v) is 2.03. The zero-order valence-electron chi connectivity index (χ0n) is 8.14. The maximum atomic E-state index is 5.64. The Hall–Kier alpha value is -0.0800. The van der Waals surface area contributed by atoms with E-state index in [1.165, 1.54) is 13.0 Å². The van der Waals surface area contributed by atoms with Crippen LogP contribution in [0.4, 0.5) is 0 Å². The van der Waals surface area contributed by atoms with E-state index in [4.69, 9.17) is 5.73 Å². The molecule has 0 rings (SSSR count). The molecule has 0 aliphatic heterocycles. The van der Waals surface area contributed by atoms with E-state index < -0.39 is 0 Å². The van der Waals surface area contributed by atoms with E-state index in [0.29, 0.717) is 6.04 Å². The van der Waals surface area contributed by atoms with Gasteiger partial charge in [-0.1, -0.05) is 13.8 Å². The van der Waals surface area contributed by atoms with Gasteiger partial charge in [0.1, 0.15) is 0 Å². The normalized spacial score (nSPS) is 13.9. The van der Waals surface area contributed by atoms with Crippen molar-refractivity contribution in [3.8, 4) is 0 Å². The summed E-state index contributed by atoms with van der Waals surface area (Å²) in [6.07, 6.45) is 2.38. The largest absolute Gasteiger partial charge is 0.328 e. The van der Waals surface area contributed by atoms with Crippen molar-refractivity contribution in [3.05, 3.63) is 0 Å². The molecular weight excluding hydrogens is 136 g/mol. The molecule has 68 valence electrons. The summed E-state index contributed by atoms with van der Waals surface area (Å²) in [6.45, 7) is 10.0. The molecule has 0 amide bonds. The number of nitrogens with zero attached hydrogens (tertiary/aromatic N) is 1. The maximum absolute atomic E-state index is 5.64. The summed E-state index contributed by atoms with van der Waals surface area (Å²) in [4.78, 5) is 2.43. The van der Waals surface area contributed by atoms with E-state index in [1.807, 2.05) is 0 Å². The first kappa shape index (κ1) is 10.9. The van der Waals surface area contributed by atoms with Crippen molar-refractivity contribution in [1.82, 2.24) is 4.90 Å². The summed E-state index contributed by atoms with van der Waals surface area (Å²) in [5.74, 6) is 0. The SMILES string of the molecule is CCN(CC)CCC[C@H](C)N. The Labute approximate surface area is 70.8 Å². The minimum absolute atomic E-state index is 0.366. The predicted molar refractivity (Wildman–Crippen MR) is 50.7 cm³/mol. The van der Waals surface area contributed by atoms with Gasteiger partial charge in [-0.3, -0.25) is 0 Å². The molecular formula is C9H22N2. The molecule has 0 radical (unpaired) electrons. The predicted octanol–water partition coefficient (Wildman–Crippen LogP) is 1.46. The molecule has 2 heteroatoms. The molecule has 0 aliphatic carbocycles. The average Bonchev–Trinajstić information content (AvgIpc) is 1.98. The summed E-state index contributed by atoms with van der Waals surface area (Å²) in [5.41, 5.74) is 5.64. The van der Waals surface area contributed by atoms with Gasteiger partial charge in [-0.15, -0.1) is 0 Å². The molecule has 0 aromatic carbocycles. The third-order valence-electron chi connectivity index (χ3n) is 2.03. The van der Waals surface area contributed by atoms with Crippen molar-refractivity contribution in [2.75, 3.05) is 19.6 Å². The van der Waals surface area contributed by atoms with Crippen LogP contribution in [0.1, 0.15) is 33.6 Å². The highest BCUT2D eigenvalue weighted by molar-refractivity contribution is 4.57. The number of nitrogens with two attached hydrogens (primary N) is 1. The van der Waals surface area contributed by atoms with Crippen molar-refractivity contribution in [3.63, 3.8) is 0 Å². The van der Waals surface area contributed by atoms with Crippen LogP contribution in [0, 0.1) is 0 Å². The fraction of sp³-hybridized carbons (Fsp3) is 1.00. The smallest absolute Gasteiger partial charge is 0.00109 e. The zero-order chi connectivity index (χ0) is 8.69. The van der Waals surface area contributed by atoms with E-state index in [9.17, 15) is 0 Å². The van der Waals surface area contributed by atoms with Crippen LogP contribution in [-0.2, 0) is 0 Å². The van der Waals surface area contributed by atoms with Gasteiger partial charge in [-0.2, -0.15) is 0 Å². The first-order valence-corrected chi connectivity index (χ1v) is 4.68. The number of hydrogen-bond donors (Lipinski definition) is 1. The van der Waals surface area contributed by atoms with Crippen molar-refractivity contribution in [1.29, 1.82) is 0 Å². The Kier molecular flexibility index (Phi) is 6.57. The second-order valence-electron chi connectivity index (χ2n) is 3.15. The van der Waals surface area contributed by atoms with Crippen LogP contribution in [0.3, 0.4) is 0 Å². The summed E-state index contributed by atoms with van der Waals surface area (Å²) in [6, 6.07) is 0.366. The molecule has 2 nitrogen and oxygen atoms in total. The first-order valence-electron chi connectivity index (χ1n) is 4.68. The highest BCUT2D eigenvalue weighted by Gasteiger charge is 1.99. The molecule has 0 heterocycles. The van der Waals surface area contributed by atoms with Gasteiger partial charge in [0, 0.05) is 6.04 Å². The second kappa shape index (κ2) is 6.62. The summed E-state index contributed by atoms with van der Waals surface area (Å²) >= 11 is 0. The molecule has 1 atom stereocenters. The van der Waals surface area contributed by atoms with Gasteiger partial charge in [0.2, 0.25) is 0 Å². The van der Waals surface area contributed by atoms with Gasteiger partial charge in [-0.25, -0.2) is 0 Å². The standard InChI is InChI=1S/C9H22N2/c1-4-11(5-2)8-6-7-9(3)10/h9H,4-8,10H2,1-3H3/t9-/m0/s1. The molecule has 11 heavy (non-hydrogen) atoms. The van der Waals surface area contributed by atoms with Gasteiger partial charge in [0.25, 0.3) is 0 Å². The van der Waals surface area contributed by atoms with Crippen molar-refractivity contribution < 1.29 is 0 Å². The van der Waals surface area contributed by atoms with Crippen LogP contribution in [-0.4, -0.2) is 30.6 Å². The summed E-state index contributed by atoms with van der Waals surface area (Å²) < 4.78 is 0. The number of hydrogen-bond acceptors (Lipinski definition) is 2. The molecule has 0 aliphatic rings. The van der Waals surface area contributed by atoms with Gasteiger partial charge in [0.15, 0.2) is 0 Å². The molecule has 0 fully saturated rings. The highest BCUT2D eigenvalue weighted by atomic mass is 15.1. The van der Waals surface area contributed by atoms with Gasteiger partial charge >= 0.3 is 0 Å². The van der Waals surface area contributed by atoms with Crippen LogP contribution in [0.5, 0.6) is 0 Å². The Balaban J connectivity index is 3.21. The molecule has 2 N–H and O–H groups in total. The van der Waals surface area contributed by atoms with E-state index >= 15 is 0 Å². The van der Waals surface area contributed by atoms with Gasteiger partial charge in [0.05, 0.1) is 0 Å². The molecule has 0 spiro atoms. The first-order chi connectivity index (χ1) is 5.20. The van der Waals surface area contributed by atoms with E-state index in [1.54, 1.807) is 0 Å². The molecule has 0 saturated carbocycles. The van der Waals surface area contributed by atoms with E-state index in [-0.39, 0.29) is 0 Å². The van der Waals surface area contributed by atoms with Gasteiger partial charge in [-0.05, 0) is 39.4 Å². The fourth-order valence-electron chi connectivity index (χ4n) is 1.18. The van der Waals surface area contributed by atoms with Crippen LogP contribution in [0.2, 0.25) is 0 Å². The van der Waals surface area contributed by atoms with Crippen molar-refractivity contribution in [2.45, 2.75) is 39.7 Å². The monoisotopic (exact) mass is 158 g/mol. The minimum Gasteiger partial charge on any atom is -0.328 e. The lowest BCUT2D eigenvalue weighted by Crippen LogP contribution is -2.25. The van der Waals surface area contributed by atoms with Crippen LogP contribution in [0.15, 0.2) is 0 Å². The lowest BCUT2D eigenvalue weighted by molar-refractivity contribution is 0.294. The highest BCUT2D eigenvalue weighted by Crippen LogP contribution is 1.96. The topological polar surface area (TPSA) is 29.3 Å². The fourth-order valence-corrected chi connectivity index (χ4v) is 1.18. The Morgan fingerprint density at radius 2 is 1.82 bits per heavy atom. The zero-order valence-corrected chi connectivity index (χ0v) is 8.14. The van der Waals surface area contributed by atoms with Crippen LogP contribution in [0.25, 0.3) is 0 Å².